The number of benzene rings is 1. The van der Waals surface area contributed by atoms with Crippen LogP contribution >= 0.6 is 11.8 Å². The lowest BCUT2D eigenvalue weighted by molar-refractivity contribution is -0.122. The summed E-state index contributed by atoms with van der Waals surface area (Å²) < 4.78 is 5.36. The molecule has 0 aromatic heterocycles. The summed E-state index contributed by atoms with van der Waals surface area (Å²) in [5.41, 5.74) is 11.3. The SMILES string of the molecule is CCOc1ccc(C=C2SC(=O)N(CCN=C(N)N)C2=O)cc1. The van der Waals surface area contributed by atoms with E-state index >= 15 is 0 Å². The Hall–Kier alpha value is -2.48. The van der Waals surface area contributed by atoms with Crippen molar-refractivity contribution in [1.29, 1.82) is 0 Å². The molecule has 2 amide bonds. The van der Waals surface area contributed by atoms with E-state index in [0.29, 0.717) is 11.5 Å². The molecule has 7 nitrogen and oxygen atoms in total. The van der Waals surface area contributed by atoms with Crippen molar-refractivity contribution in [3.63, 3.8) is 0 Å². The van der Waals surface area contributed by atoms with E-state index in [2.05, 4.69) is 4.99 Å². The van der Waals surface area contributed by atoms with E-state index in [0.717, 1.165) is 28.0 Å². The van der Waals surface area contributed by atoms with Gasteiger partial charge in [0.2, 0.25) is 0 Å². The molecule has 0 radical (unpaired) electrons. The molecule has 1 aromatic rings. The topological polar surface area (TPSA) is 111 Å². The fourth-order valence-electron chi connectivity index (χ4n) is 1.95. The maximum Gasteiger partial charge on any atom is 0.293 e. The summed E-state index contributed by atoms with van der Waals surface area (Å²) in [4.78, 5) is 29.4. The highest BCUT2D eigenvalue weighted by molar-refractivity contribution is 8.18. The van der Waals surface area contributed by atoms with Gasteiger partial charge in [-0.2, -0.15) is 0 Å². The van der Waals surface area contributed by atoms with Gasteiger partial charge in [-0.05, 0) is 42.5 Å². The molecule has 8 heteroatoms. The third-order valence-corrected chi connectivity index (χ3v) is 3.89. The third-order valence-electron chi connectivity index (χ3n) is 2.98. The monoisotopic (exact) mass is 334 g/mol. The zero-order chi connectivity index (χ0) is 16.8. The molecule has 1 fully saturated rings. The normalized spacial score (nSPS) is 16.0. The fraction of sp³-hybridized carbons (Fsp3) is 0.267. The first kappa shape index (κ1) is 16.9. The predicted molar refractivity (Wildman–Crippen MR) is 91.0 cm³/mol. The van der Waals surface area contributed by atoms with Crippen LogP contribution < -0.4 is 16.2 Å². The van der Waals surface area contributed by atoms with Gasteiger partial charge in [0.25, 0.3) is 11.1 Å². The number of imide groups is 1. The number of thioether (sulfide) groups is 1. The van der Waals surface area contributed by atoms with Gasteiger partial charge >= 0.3 is 0 Å². The quantitative estimate of drug-likeness (QED) is 0.462. The Morgan fingerprint density at radius 3 is 2.61 bits per heavy atom. The summed E-state index contributed by atoms with van der Waals surface area (Å²) >= 11 is 0.906. The van der Waals surface area contributed by atoms with Crippen molar-refractivity contribution in [2.75, 3.05) is 19.7 Å². The minimum absolute atomic E-state index is 0.0677. The van der Waals surface area contributed by atoms with Crippen LogP contribution in [0.15, 0.2) is 34.2 Å². The number of amides is 2. The Morgan fingerprint density at radius 2 is 2.00 bits per heavy atom. The van der Waals surface area contributed by atoms with Gasteiger partial charge < -0.3 is 16.2 Å². The number of ether oxygens (including phenoxy) is 1. The van der Waals surface area contributed by atoms with Crippen molar-refractivity contribution in [2.24, 2.45) is 16.5 Å². The van der Waals surface area contributed by atoms with E-state index in [4.69, 9.17) is 16.2 Å². The molecule has 1 saturated heterocycles. The zero-order valence-corrected chi connectivity index (χ0v) is 13.5. The highest BCUT2D eigenvalue weighted by Crippen LogP contribution is 2.32. The van der Waals surface area contributed by atoms with Crippen molar-refractivity contribution in [2.45, 2.75) is 6.92 Å². The van der Waals surface area contributed by atoms with Crippen molar-refractivity contribution in [1.82, 2.24) is 4.90 Å². The molecule has 1 heterocycles. The molecule has 0 bridgehead atoms. The molecule has 0 saturated carbocycles. The molecule has 1 aliphatic rings. The molecular formula is C15H18N4O3S. The molecule has 4 N–H and O–H groups in total. The molecule has 0 atom stereocenters. The van der Waals surface area contributed by atoms with E-state index in [-0.39, 0.29) is 30.2 Å². The summed E-state index contributed by atoms with van der Waals surface area (Å²) in [6, 6.07) is 7.30. The second kappa shape index (κ2) is 7.68. The molecule has 2 rings (SSSR count). The zero-order valence-electron chi connectivity index (χ0n) is 12.7. The van der Waals surface area contributed by atoms with Crippen LogP contribution in [0, 0.1) is 0 Å². The summed E-state index contributed by atoms with van der Waals surface area (Å²) in [6.07, 6.45) is 1.68. The summed E-state index contributed by atoms with van der Waals surface area (Å²) in [5.74, 6) is 0.358. The molecule has 1 aromatic carbocycles. The molecule has 0 aliphatic carbocycles. The Balaban J connectivity index is 2.07. The van der Waals surface area contributed by atoms with Crippen LogP contribution in [-0.2, 0) is 4.79 Å². The van der Waals surface area contributed by atoms with Gasteiger partial charge in [-0.3, -0.25) is 19.5 Å². The van der Waals surface area contributed by atoms with Crippen molar-refractivity contribution < 1.29 is 14.3 Å². The smallest absolute Gasteiger partial charge is 0.293 e. The first-order chi connectivity index (χ1) is 11.0. The number of carbonyl (C=O) groups excluding carboxylic acids is 2. The van der Waals surface area contributed by atoms with Crippen LogP contribution in [0.25, 0.3) is 6.08 Å². The lowest BCUT2D eigenvalue weighted by atomic mass is 10.2. The standard InChI is InChI=1S/C15H18N4O3S/c1-2-22-11-5-3-10(4-6-11)9-12-13(20)19(15(21)23-12)8-7-18-14(16)17/h3-6,9H,2,7-8H2,1H3,(H4,16,17,18). The maximum atomic E-state index is 12.2. The Morgan fingerprint density at radius 1 is 1.30 bits per heavy atom. The summed E-state index contributed by atoms with van der Waals surface area (Å²) in [6.45, 7) is 2.85. The van der Waals surface area contributed by atoms with Crippen LogP contribution in [0.2, 0.25) is 0 Å². The third kappa shape index (κ3) is 4.49. The number of rotatable bonds is 6. The number of aliphatic imine (C=N–C) groups is 1. The molecule has 1 aliphatic heterocycles. The van der Waals surface area contributed by atoms with Crippen molar-refractivity contribution >= 4 is 34.9 Å². The summed E-state index contributed by atoms with van der Waals surface area (Å²) in [5, 5.41) is -0.321. The van der Waals surface area contributed by atoms with E-state index in [1.807, 2.05) is 31.2 Å². The number of carbonyl (C=O) groups is 2. The van der Waals surface area contributed by atoms with Crippen LogP contribution in [0.4, 0.5) is 4.79 Å². The van der Waals surface area contributed by atoms with Gasteiger partial charge in [-0.15, -0.1) is 0 Å². The predicted octanol–water partition coefficient (Wildman–Crippen LogP) is 1.39. The Kier molecular flexibility index (Phi) is 5.64. The van der Waals surface area contributed by atoms with E-state index in [1.165, 1.54) is 0 Å². The highest BCUT2D eigenvalue weighted by atomic mass is 32.2. The lowest BCUT2D eigenvalue weighted by Crippen LogP contribution is -2.32. The second-order valence-electron chi connectivity index (χ2n) is 4.64. The fourth-order valence-corrected chi connectivity index (χ4v) is 2.82. The largest absolute Gasteiger partial charge is 0.494 e. The summed E-state index contributed by atoms with van der Waals surface area (Å²) in [7, 11) is 0. The average Bonchev–Trinajstić information content (AvgIpc) is 2.76. The highest BCUT2D eigenvalue weighted by Gasteiger charge is 2.34. The number of hydrogen-bond acceptors (Lipinski definition) is 5. The molecular weight excluding hydrogens is 316 g/mol. The van der Waals surface area contributed by atoms with Gasteiger partial charge in [0.15, 0.2) is 5.96 Å². The molecule has 23 heavy (non-hydrogen) atoms. The number of nitrogens with zero attached hydrogens (tertiary/aromatic N) is 2. The molecule has 122 valence electrons. The van der Waals surface area contributed by atoms with E-state index in [1.54, 1.807) is 6.08 Å². The Labute approximate surface area is 138 Å². The number of guanidine groups is 1. The van der Waals surface area contributed by atoms with E-state index < -0.39 is 0 Å². The van der Waals surface area contributed by atoms with Gasteiger partial charge in [0.1, 0.15) is 5.75 Å². The first-order valence-electron chi connectivity index (χ1n) is 7.05. The number of hydrogen-bond donors (Lipinski definition) is 2. The van der Waals surface area contributed by atoms with Crippen molar-refractivity contribution in [3.05, 3.63) is 34.7 Å². The van der Waals surface area contributed by atoms with Crippen LogP contribution in [-0.4, -0.2) is 41.7 Å². The molecule has 0 unspecified atom stereocenters. The maximum absolute atomic E-state index is 12.2. The minimum Gasteiger partial charge on any atom is -0.494 e. The van der Waals surface area contributed by atoms with Crippen LogP contribution in [0.5, 0.6) is 5.75 Å². The number of nitrogens with two attached hydrogens (primary N) is 2. The van der Waals surface area contributed by atoms with Crippen molar-refractivity contribution in [3.8, 4) is 5.75 Å². The van der Waals surface area contributed by atoms with Crippen LogP contribution in [0.3, 0.4) is 0 Å². The average molecular weight is 334 g/mol. The van der Waals surface area contributed by atoms with Gasteiger partial charge in [0.05, 0.1) is 18.1 Å². The van der Waals surface area contributed by atoms with Gasteiger partial charge in [-0.25, -0.2) is 0 Å². The van der Waals surface area contributed by atoms with Crippen LogP contribution in [0.1, 0.15) is 12.5 Å². The first-order valence-corrected chi connectivity index (χ1v) is 7.86. The van der Waals surface area contributed by atoms with E-state index in [9.17, 15) is 9.59 Å². The van der Waals surface area contributed by atoms with Gasteiger partial charge in [0, 0.05) is 6.54 Å². The minimum atomic E-state index is -0.334. The molecule has 0 spiro atoms. The van der Waals surface area contributed by atoms with Gasteiger partial charge in [-0.1, -0.05) is 12.1 Å². The second-order valence-corrected chi connectivity index (χ2v) is 5.64. The Bertz CT molecular complexity index is 651. The lowest BCUT2D eigenvalue weighted by Gasteiger charge is -2.10.